The zero-order valence-corrected chi connectivity index (χ0v) is 9.04. The van der Waals surface area contributed by atoms with Gasteiger partial charge in [0.25, 0.3) is 0 Å². The quantitative estimate of drug-likeness (QED) is 0.300. The highest BCUT2D eigenvalue weighted by atomic mass is 16.5. The van der Waals surface area contributed by atoms with E-state index in [0.717, 1.165) is 12.8 Å². The minimum Gasteiger partial charge on any atom is -0.459 e. The Morgan fingerprint density at radius 2 is 1.93 bits per heavy atom. The zero-order chi connectivity index (χ0) is 11.1. The van der Waals surface area contributed by atoms with Gasteiger partial charge in [-0.2, -0.15) is 0 Å². The molecule has 0 aromatic carbocycles. The third kappa shape index (κ3) is 4.16. The first-order valence-electron chi connectivity index (χ1n) is 5.46. The molecule has 0 aliphatic heterocycles. The van der Waals surface area contributed by atoms with E-state index < -0.39 is 11.8 Å². The van der Waals surface area contributed by atoms with Crippen molar-refractivity contribution < 1.29 is 14.3 Å². The van der Waals surface area contributed by atoms with Crippen LogP contribution in [0.4, 0.5) is 0 Å². The van der Waals surface area contributed by atoms with Gasteiger partial charge >= 0.3 is 11.8 Å². The predicted octanol–water partition coefficient (Wildman–Crippen LogP) is 1.70. The Labute approximate surface area is 90.2 Å². The molecule has 0 saturated heterocycles. The van der Waals surface area contributed by atoms with Gasteiger partial charge in [0.2, 0.25) is 0 Å². The molecular formula is C12H16O3. The maximum Gasteiger partial charge on any atom is 0.388 e. The van der Waals surface area contributed by atoms with Crippen molar-refractivity contribution in [2.75, 3.05) is 6.61 Å². The minimum atomic E-state index is -0.833. The van der Waals surface area contributed by atoms with Crippen molar-refractivity contribution >= 4 is 11.8 Å². The molecule has 3 heteroatoms. The van der Waals surface area contributed by atoms with Gasteiger partial charge in [-0.05, 0) is 25.7 Å². The molecule has 0 unspecified atom stereocenters. The van der Waals surface area contributed by atoms with E-state index in [2.05, 4.69) is 16.6 Å². The van der Waals surface area contributed by atoms with E-state index in [1.54, 1.807) is 6.92 Å². The summed E-state index contributed by atoms with van der Waals surface area (Å²) in [5.74, 6) is 3.97. The fourth-order valence-corrected chi connectivity index (χ4v) is 1.66. The fourth-order valence-electron chi connectivity index (χ4n) is 1.66. The Bertz CT molecular complexity index is 290. The summed E-state index contributed by atoms with van der Waals surface area (Å²) in [7, 11) is 0. The molecule has 0 heterocycles. The molecule has 0 amide bonds. The third-order valence-corrected chi connectivity index (χ3v) is 2.46. The van der Waals surface area contributed by atoms with Crippen LogP contribution in [0.2, 0.25) is 0 Å². The largest absolute Gasteiger partial charge is 0.459 e. The average Bonchev–Trinajstić information content (AvgIpc) is 2.27. The van der Waals surface area contributed by atoms with Gasteiger partial charge in [-0.15, -0.1) is 0 Å². The smallest absolute Gasteiger partial charge is 0.388 e. The van der Waals surface area contributed by atoms with Crippen molar-refractivity contribution in [2.45, 2.75) is 39.0 Å². The van der Waals surface area contributed by atoms with Crippen LogP contribution in [0.5, 0.6) is 0 Å². The zero-order valence-electron chi connectivity index (χ0n) is 9.04. The molecule has 1 aliphatic carbocycles. The third-order valence-electron chi connectivity index (χ3n) is 2.46. The molecule has 0 aromatic rings. The molecule has 0 atom stereocenters. The molecule has 0 N–H and O–H groups in total. The first-order chi connectivity index (χ1) is 7.24. The van der Waals surface area contributed by atoms with Gasteiger partial charge in [0.05, 0.1) is 6.61 Å². The van der Waals surface area contributed by atoms with Crippen molar-refractivity contribution in [3.63, 3.8) is 0 Å². The number of Topliss-reactive ketones (excluding diaryl/α,β-unsaturated/α-hetero) is 1. The van der Waals surface area contributed by atoms with E-state index in [1.807, 2.05) is 0 Å². The monoisotopic (exact) mass is 208 g/mol. The first-order valence-corrected chi connectivity index (χ1v) is 5.46. The second kappa shape index (κ2) is 6.23. The van der Waals surface area contributed by atoms with Crippen LogP contribution in [0.1, 0.15) is 39.0 Å². The van der Waals surface area contributed by atoms with Crippen LogP contribution in [0.15, 0.2) is 0 Å². The maximum absolute atomic E-state index is 11.1. The Kier molecular flexibility index (Phi) is 4.89. The van der Waals surface area contributed by atoms with Crippen LogP contribution in [-0.2, 0) is 14.3 Å². The van der Waals surface area contributed by atoms with Crippen molar-refractivity contribution in [2.24, 2.45) is 5.92 Å². The topological polar surface area (TPSA) is 43.4 Å². The van der Waals surface area contributed by atoms with E-state index >= 15 is 0 Å². The van der Waals surface area contributed by atoms with E-state index in [1.165, 1.54) is 19.3 Å². The van der Waals surface area contributed by atoms with Crippen LogP contribution in [0.25, 0.3) is 0 Å². The molecule has 0 bridgehead atoms. The highest BCUT2D eigenvalue weighted by Gasteiger charge is 2.13. The average molecular weight is 208 g/mol. The summed E-state index contributed by atoms with van der Waals surface area (Å²) >= 11 is 0. The molecule has 1 aliphatic rings. The number of ketones is 1. The lowest BCUT2D eigenvalue weighted by molar-refractivity contribution is -0.150. The molecule has 3 nitrogen and oxygen atoms in total. The lowest BCUT2D eigenvalue weighted by Crippen LogP contribution is -2.15. The number of carbonyl (C=O) groups is 2. The molecule has 1 rings (SSSR count). The fraction of sp³-hybridized carbons (Fsp3) is 0.667. The van der Waals surface area contributed by atoms with E-state index in [-0.39, 0.29) is 12.5 Å². The van der Waals surface area contributed by atoms with Gasteiger partial charge in [-0.1, -0.05) is 25.2 Å². The number of hydrogen-bond acceptors (Lipinski definition) is 3. The number of carbonyl (C=O) groups excluding carboxylic acids is 2. The van der Waals surface area contributed by atoms with E-state index in [4.69, 9.17) is 0 Å². The summed E-state index contributed by atoms with van der Waals surface area (Å²) in [6.07, 6.45) is 5.69. The van der Waals surface area contributed by atoms with Crippen LogP contribution in [-0.4, -0.2) is 18.4 Å². The summed E-state index contributed by atoms with van der Waals surface area (Å²) in [5.41, 5.74) is 0. The first kappa shape index (κ1) is 11.8. The lowest BCUT2D eigenvalue weighted by atomic mass is 9.90. The maximum atomic E-state index is 11.1. The van der Waals surface area contributed by atoms with Crippen LogP contribution in [0.3, 0.4) is 0 Å². The molecular weight excluding hydrogens is 192 g/mol. The molecule has 15 heavy (non-hydrogen) atoms. The molecule has 0 spiro atoms. The number of hydrogen-bond donors (Lipinski definition) is 0. The normalized spacial score (nSPS) is 16.3. The second-order valence-electron chi connectivity index (χ2n) is 3.65. The van der Waals surface area contributed by atoms with E-state index in [0.29, 0.717) is 0 Å². The Hall–Kier alpha value is -1.30. The Balaban J connectivity index is 2.41. The standard InChI is InChI=1S/C12H16O3/c1-2-15-12(14)11(13)9-8-10-6-4-3-5-7-10/h10H,2-7H2,1H3. The lowest BCUT2D eigenvalue weighted by Gasteiger charge is -2.15. The van der Waals surface area contributed by atoms with Gasteiger partial charge in [0.15, 0.2) is 0 Å². The predicted molar refractivity (Wildman–Crippen MR) is 56.0 cm³/mol. The summed E-state index contributed by atoms with van der Waals surface area (Å²) in [5, 5.41) is 0. The SMILES string of the molecule is CCOC(=O)C(=O)C#CC1CCCCC1. The highest BCUT2D eigenvalue weighted by molar-refractivity contribution is 6.40. The van der Waals surface area contributed by atoms with Gasteiger partial charge < -0.3 is 4.74 Å². The van der Waals surface area contributed by atoms with Gasteiger partial charge in [0.1, 0.15) is 0 Å². The minimum absolute atomic E-state index is 0.218. The molecule has 0 radical (unpaired) electrons. The summed E-state index contributed by atoms with van der Waals surface area (Å²) in [6.45, 7) is 1.88. The summed E-state index contributed by atoms with van der Waals surface area (Å²) in [6, 6.07) is 0. The second-order valence-corrected chi connectivity index (χ2v) is 3.65. The highest BCUT2D eigenvalue weighted by Crippen LogP contribution is 2.22. The Morgan fingerprint density at radius 1 is 1.27 bits per heavy atom. The molecule has 1 saturated carbocycles. The van der Waals surface area contributed by atoms with Gasteiger partial charge in [-0.25, -0.2) is 4.79 Å². The molecule has 0 aromatic heterocycles. The summed E-state index contributed by atoms with van der Waals surface area (Å²) in [4.78, 5) is 22.1. The Morgan fingerprint density at radius 3 is 2.53 bits per heavy atom. The number of rotatable bonds is 2. The van der Waals surface area contributed by atoms with Gasteiger partial charge in [0, 0.05) is 5.92 Å². The molecule has 82 valence electrons. The van der Waals surface area contributed by atoms with Crippen molar-refractivity contribution in [1.82, 2.24) is 0 Å². The van der Waals surface area contributed by atoms with Crippen LogP contribution < -0.4 is 0 Å². The van der Waals surface area contributed by atoms with E-state index in [9.17, 15) is 9.59 Å². The van der Waals surface area contributed by atoms with Crippen molar-refractivity contribution in [3.8, 4) is 11.8 Å². The number of esters is 1. The summed E-state index contributed by atoms with van der Waals surface area (Å²) < 4.78 is 4.55. The van der Waals surface area contributed by atoms with Crippen LogP contribution >= 0.6 is 0 Å². The molecule has 1 fully saturated rings. The van der Waals surface area contributed by atoms with Crippen LogP contribution in [0, 0.1) is 17.8 Å². The van der Waals surface area contributed by atoms with Crippen molar-refractivity contribution in [3.05, 3.63) is 0 Å². The van der Waals surface area contributed by atoms with Gasteiger partial charge in [-0.3, -0.25) is 4.79 Å². The number of ether oxygens (including phenoxy) is 1. The van der Waals surface area contributed by atoms with Crippen molar-refractivity contribution in [1.29, 1.82) is 0 Å².